The van der Waals surface area contributed by atoms with E-state index in [4.69, 9.17) is 0 Å². The minimum absolute atomic E-state index is 0.0223. The topological polar surface area (TPSA) is 50.2 Å². The highest BCUT2D eigenvalue weighted by Crippen LogP contribution is 2.23. The van der Waals surface area contributed by atoms with E-state index in [1.165, 1.54) is 18.5 Å². The summed E-state index contributed by atoms with van der Waals surface area (Å²) >= 11 is 0. The third-order valence-corrected chi connectivity index (χ3v) is 4.05. The van der Waals surface area contributed by atoms with E-state index in [1.807, 2.05) is 31.3 Å². The molecule has 2 heterocycles. The molecule has 1 saturated heterocycles. The number of nitrogens with zero attached hydrogens (tertiary/aromatic N) is 3. The molecule has 1 aliphatic heterocycles. The van der Waals surface area contributed by atoms with Crippen LogP contribution in [0.25, 0.3) is 0 Å². The quantitative estimate of drug-likeness (QED) is 0.923. The Morgan fingerprint density at radius 1 is 1.32 bits per heavy atom. The molecule has 0 bridgehead atoms. The summed E-state index contributed by atoms with van der Waals surface area (Å²) < 4.78 is 1.78. The van der Waals surface area contributed by atoms with Crippen molar-refractivity contribution >= 4 is 17.3 Å². The second-order valence-corrected chi connectivity index (χ2v) is 5.86. The van der Waals surface area contributed by atoms with Crippen molar-refractivity contribution in [1.82, 2.24) is 9.78 Å². The van der Waals surface area contributed by atoms with Gasteiger partial charge in [-0.15, -0.1) is 0 Å². The Hall–Kier alpha value is -2.30. The Kier molecular flexibility index (Phi) is 4.42. The highest BCUT2D eigenvalue weighted by Gasteiger charge is 2.16. The smallest absolute Gasteiger partial charge is 0.229 e. The number of benzene rings is 1. The first kappa shape index (κ1) is 14.6. The van der Waals surface area contributed by atoms with Crippen LogP contribution in [0.15, 0.2) is 42.7 Å². The first-order valence-corrected chi connectivity index (χ1v) is 7.86. The fraction of sp³-hybridized carbons (Fsp3) is 0.412. The molecule has 116 valence electrons. The van der Waals surface area contributed by atoms with Crippen molar-refractivity contribution in [2.45, 2.75) is 26.3 Å². The van der Waals surface area contributed by atoms with E-state index in [2.05, 4.69) is 27.4 Å². The summed E-state index contributed by atoms with van der Waals surface area (Å²) in [4.78, 5) is 14.7. The number of carbonyl (C=O) groups is 1. The molecule has 0 aliphatic carbocycles. The zero-order valence-corrected chi connectivity index (χ0v) is 12.9. The highest BCUT2D eigenvalue weighted by molar-refractivity contribution is 5.92. The lowest BCUT2D eigenvalue weighted by Gasteiger charge is -2.19. The first-order chi connectivity index (χ1) is 10.7. The van der Waals surface area contributed by atoms with Gasteiger partial charge in [-0.25, -0.2) is 0 Å². The summed E-state index contributed by atoms with van der Waals surface area (Å²) in [6.07, 6.45) is 6.09. The predicted molar refractivity (Wildman–Crippen MR) is 87.9 cm³/mol. The summed E-state index contributed by atoms with van der Waals surface area (Å²) in [5.74, 6) is -0.107. The van der Waals surface area contributed by atoms with Crippen molar-refractivity contribution in [2.75, 3.05) is 23.3 Å². The molecule has 22 heavy (non-hydrogen) atoms. The summed E-state index contributed by atoms with van der Waals surface area (Å²) in [6.45, 7) is 4.71. The number of rotatable bonds is 5. The van der Waals surface area contributed by atoms with Gasteiger partial charge in [0.25, 0.3) is 0 Å². The molecule has 1 aromatic carbocycles. The van der Waals surface area contributed by atoms with Gasteiger partial charge in [-0.1, -0.05) is 13.0 Å². The summed E-state index contributed by atoms with van der Waals surface area (Å²) in [6, 6.07) is 9.97. The van der Waals surface area contributed by atoms with E-state index < -0.39 is 0 Å². The Balaban J connectivity index is 1.62. The van der Waals surface area contributed by atoms with Crippen molar-refractivity contribution in [3.05, 3.63) is 42.7 Å². The maximum Gasteiger partial charge on any atom is 0.229 e. The van der Waals surface area contributed by atoms with Crippen LogP contribution in [0.2, 0.25) is 0 Å². The standard InChI is InChI=1S/C17H22N4O/c1-14(13-21-11-5-8-18-21)17(22)19-15-6-4-7-16(12-15)20-9-2-3-10-20/h4-8,11-12,14H,2-3,9-10,13H2,1H3,(H,19,22). The number of hydrogen-bond acceptors (Lipinski definition) is 3. The lowest BCUT2D eigenvalue weighted by molar-refractivity contribution is -0.119. The lowest BCUT2D eigenvalue weighted by atomic mass is 10.1. The second-order valence-electron chi connectivity index (χ2n) is 5.86. The number of nitrogens with one attached hydrogen (secondary N) is 1. The molecule has 1 aliphatic rings. The van der Waals surface area contributed by atoms with Gasteiger partial charge in [0.15, 0.2) is 0 Å². The molecule has 2 aromatic rings. The van der Waals surface area contributed by atoms with Crippen molar-refractivity contribution in [3.63, 3.8) is 0 Å². The number of hydrogen-bond donors (Lipinski definition) is 1. The van der Waals surface area contributed by atoms with Crippen LogP contribution in [0.1, 0.15) is 19.8 Å². The van der Waals surface area contributed by atoms with Crippen molar-refractivity contribution in [2.24, 2.45) is 5.92 Å². The molecule has 1 fully saturated rings. The van der Waals surface area contributed by atoms with Crippen LogP contribution in [-0.4, -0.2) is 28.8 Å². The van der Waals surface area contributed by atoms with Crippen molar-refractivity contribution < 1.29 is 4.79 Å². The summed E-state index contributed by atoms with van der Waals surface area (Å²) in [7, 11) is 0. The third-order valence-electron chi connectivity index (χ3n) is 4.05. The minimum Gasteiger partial charge on any atom is -0.371 e. The molecule has 5 nitrogen and oxygen atoms in total. The van der Waals surface area contributed by atoms with Crippen molar-refractivity contribution in [1.29, 1.82) is 0 Å². The van der Waals surface area contributed by atoms with Crippen LogP contribution in [0.4, 0.5) is 11.4 Å². The maximum absolute atomic E-state index is 12.3. The molecule has 5 heteroatoms. The summed E-state index contributed by atoms with van der Waals surface area (Å²) in [5.41, 5.74) is 2.05. The van der Waals surface area contributed by atoms with Crippen LogP contribution < -0.4 is 10.2 Å². The molecule has 1 N–H and O–H groups in total. The molecule has 1 amide bonds. The first-order valence-electron chi connectivity index (χ1n) is 7.86. The van der Waals surface area contributed by atoms with Crippen LogP contribution in [0, 0.1) is 5.92 Å². The Morgan fingerprint density at radius 2 is 2.14 bits per heavy atom. The van der Waals surface area contributed by atoms with Gasteiger partial charge in [0.1, 0.15) is 0 Å². The average molecular weight is 298 g/mol. The number of amides is 1. The molecule has 0 radical (unpaired) electrons. The zero-order valence-electron chi connectivity index (χ0n) is 12.9. The van der Waals surface area contributed by atoms with Gasteiger partial charge >= 0.3 is 0 Å². The molecule has 3 rings (SSSR count). The molecule has 1 atom stereocenters. The van der Waals surface area contributed by atoms with Crippen LogP contribution in [0.3, 0.4) is 0 Å². The molecule has 1 aromatic heterocycles. The van der Waals surface area contributed by atoms with Gasteiger partial charge in [-0.2, -0.15) is 5.10 Å². The molecular weight excluding hydrogens is 276 g/mol. The fourth-order valence-electron chi connectivity index (χ4n) is 2.79. The van der Waals surface area contributed by atoms with E-state index in [-0.39, 0.29) is 11.8 Å². The lowest BCUT2D eigenvalue weighted by Crippen LogP contribution is -2.25. The van der Waals surface area contributed by atoms with E-state index >= 15 is 0 Å². The Morgan fingerprint density at radius 3 is 2.86 bits per heavy atom. The number of anilines is 2. The van der Waals surface area contributed by atoms with Crippen LogP contribution in [0.5, 0.6) is 0 Å². The monoisotopic (exact) mass is 298 g/mol. The van der Waals surface area contributed by atoms with Crippen LogP contribution >= 0.6 is 0 Å². The number of carbonyl (C=O) groups excluding carboxylic acids is 1. The Bertz CT molecular complexity index is 617. The molecule has 1 unspecified atom stereocenters. The largest absolute Gasteiger partial charge is 0.371 e. The van der Waals surface area contributed by atoms with Gasteiger partial charge in [0.2, 0.25) is 5.91 Å². The molecule has 0 saturated carbocycles. The summed E-state index contributed by atoms with van der Waals surface area (Å²) in [5, 5.41) is 7.15. The normalized spacial score (nSPS) is 15.8. The second kappa shape index (κ2) is 6.64. The SMILES string of the molecule is CC(Cn1cccn1)C(=O)Nc1cccc(N2CCCC2)c1. The average Bonchev–Trinajstić information content (AvgIpc) is 3.21. The number of aromatic nitrogens is 2. The van der Waals surface area contributed by atoms with Gasteiger partial charge in [0, 0.05) is 36.9 Å². The molecule has 0 spiro atoms. The van der Waals surface area contributed by atoms with Crippen molar-refractivity contribution in [3.8, 4) is 0 Å². The van der Waals surface area contributed by atoms with Gasteiger partial charge in [-0.05, 0) is 37.1 Å². The maximum atomic E-state index is 12.3. The van der Waals surface area contributed by atoms with E-state index in [1.54, 1.807) is 10.9 Å². The predicted octanol–water partition coefficient (Wildman–Crippen LogP) is 2.76. The third kappa shape index (κ3) is 3.47. The van der Waals surface area contributed by atoms with E-state index in [9.17, 15) is 4.79 Å². The highest BCUT2D eigenvalue weighted by atomic mass is 16.1. The van der Waals surface area contributed by atoms with Gasteiger partial charge in [-0.3, -0.25) is 9.48 Å². The van der Waals surface area contributed by atoms with E-state index in [0.717, 1.165) is 18.8 Å². The van der Waals surface area contributed by atoms with Crippen LogP contribution in [-0.2, 0) is 11.3 Å². The molecular formula is C17H22N4O. The minimum atomic E-state index is -0.129. The van der Waals surface area contributed by atoms with E-state index in [0.29, 0.717) is 6.54 Å². The fourth-order valence-corrected chi connectivity index (χ4v) is 2.79. The van der Waals surface area contributed by atoms with Gasteiger partial charge < -0.3 is 10.2 Å². The zero-order chi connectivity index (χ0) is 15.4. The Labute approximate surface area is 130 Å². The van der Waals surface area contributed by atoms with Gasteiger partial charge in [0.05, 0.1) is 12.5 Å².